The standard InChI is InChI=1S/C14H26N4O/c1-6-11(7-2)9(4)16-14(19)13-12(15)10(5)17-18(13)8-3/h9,11H,6-8,15H2,1-5H3,(H,16,19). The highest BCUT2D eigenvalue weighted by Crippen LogP contribution is 2.18. The molecule has 3 N–H and O–H groups in total. The second kappa shape index (κ2) is 6.59. The Morgan fingerprint density at radius 3 is 2.42 bits per heavy atom. The van der Waals surface area contributed by atoms with Crippen molar-refractivity contribution in [1.29, 1.82) is 0 Å². The van der Waals surface area contributed by atoms with Crippen molar-refractivity contribution in [2.75, 3.05) is 5.73 Å². The average Bonchev–Trinajstić information content (AvgIpc) is 2.66. The molecule has 5 nitrogen and oxygen atoms in total. The van der Waals surface area contributed by atoms with Gasteiger partial charge in [0.1, 0.15) is 5.69 Å². The second-order valence-electron chi connectivity index (χ2n) is 5.00. The van der Waals surface area contributed by atoms with Crippen molar-refractivity contribution in [2.24, 2.45) is 5.92 Å². The number of amides is 1. The van der Waals surface area contributed by atoms with Crippen LogP contribution in [-0.2, 0) is 6.54 Å². The van der Waals surface area contributed by atoms with E-state index in [1.807, 2.05) is 20.8 Å². The molecule has 0 aromatic carbocycles. The summed E-state index contributed by atoms with van der Waals surface area (Å²) in [6.07, 6.45) is 2.11. The normalized spacial score (nSPS) is 12.7. The van der Waals surface area contributed by atoms with Crippen molar-refractivity contribution in [2.45, 2.75) is 60.0 Å². The predicted octanol–water partition coefficient (Wildman–Crippen LogP) is 2.35. The van der Waals surface area contributed by atoms with Crippen molar-refractivity contribution < 1.29 is 4.79 Å². The van der Waals surface area contributed by atoms with Crippen LogP contribution < -0.4 is 11.1 Å². The van der Waals surface area contributed by atoms with Crippen LogP contribution in [0.15, 0.2) is 0 Å². The topological polar surface area (TPSA) is 72.9 Å². The fraction of sp³-hybridized carbons (Fsp3) is 0.714. The van der Waals surface area contributed by atoms with Gasteiger partial charge in [0.05, 0.1) is 11.4 Å². The van der Waals surface area contributed by atoms with E-state index in [-0.39, 0.29) is 11.9 Å². The highest BCUT2D eigenvalue weighted by Gasteiger charge is 2.22. The number of rotatable bonds is 6. The van der Waals surface area contributed by atoms with Gasteiger partial charge in [-0.15, -0.1) is 0 Å². The molecule has 108 valence electrons. The van der Waals surface area contributed by atoms with Gasteiger partial charge in [0, 0.05) is 12.6 Å². The van der Waals surface area contributed by atoms with Gasteiger partial charge in [-0.25, -0.2) is 0 Å². The van der Waals surface area contributed by atoms with Gasteiger partial charge in [-0.1, -0.05) is 26.7 Å². The van der Waals surface area contributed by atoms with Crippen molar-refractivity contribution in [1.82, 2.24) is 15.1 Å². The van der Waals surface area contributed by atoms with Crippen LogP contribution in [0.1, 0.15) is 56.7 Å². The summed E-state index contributed by atoms with van der Waals surface area (Å²) in [6, 6.07) is 0.141. The fourth-order valence-corrected chi connectivity index (χ4v) is 2.45. The number of hydrogen-bond donors (Lipinski definition) is 2. The van der Waals surface area contributed by atoms with Gasteiger partial charge in [0.15, 0.2) is 0 Å². The second-order valence-corrected chi connectivity index (χ2v) is 5.00. The molecule has 19 heavy (non-hydrogen) atoms. The number of nitrogens with one attached hydrogen (secondary N) is 1. The monoisotopic (exact) mass is 266 g/mol. The van der Waals surface area contributed by atoms with Crippen LogP contribution in [-0.4, -0.2) is 21.7 Å². The number of carbonyl (C=O) groups is 1. The third kappa shape index (κ3) is 3.28. The molecule has 0 aliphatic carbocycles. The number of aryl methyl sites for hydroxylation is 2. The van der Waals surface area contributed by atoms with E-state index < -0.39 is 0 Å². The summed E-state index contributed by atoms with van der Waals surface area (Å²) in [4.78, 5) is 12.4. The summed E-state index contributed by atoms with van der Waals surface area (Å²) in [7, 11) is 0. The van der Waals surface area contributed by atoms with Crippen LogP contribution in [0.25, 0.3) is 0 Å². The molecule has 1 unspecified atom stereocenters. The highest BCUT2D eigenvalue weighted by atomic mass is 16.2. The smallest absolute Gasteiger partial charge is 0.271 e. The van der Waals surface area contributed by atoms with Gasteiger partial charge in [-0.05, 0) is 26.7 Å². The van der Waals surface area contributed by atoms with Gasteiger partial charge < -0.3 is 11.1 Å². The first-order valence-electron chi connectivity index (χ1n) is 7.09. The molecule has 0 bridgehead atoms. The lowest BCUT2D eigenvalue weighted by Crippen LogP contribution is -2.39. The maximum absolute atomic E-state index is 12.4. The number of hydrogen-bond acceptors (Lipinski definition) is 3. The molecule has 1 aromatic rings. The largest absolute Gasteiger partial charge is 0.395 e. The third-order valence-electron chi connectivity index (χ3n) is 3.80. The molecule has 0 radical (unpaired) electrons. The Balaban J connectivity index is 2.89. The molecule has 1 amide bonds. The zero-order valence-electron chi connectivity index (χ0n) is 12.7. The zero-order chi connectivity index (χ0) is 14.6. The number of nitrogens with zero attached hydrogens (tertiary/aromatic N) is 2. The van der Waals surface area contributed by atoms with Crippen LogP contribution in [0.5, 0.6) is 0 Å². The number of nitrogens with two attached hydrogens (primary N) is 1. The molecule has 0 aliphatic heterocycles. The van der Waals surface area contributed by atoms with Gasteiger partial charge in [0.25, 0.3) is 5.91 Å². The van der Waals surface area contributed by atoms with Gasteiger partial charge >= 0.3 is 0 Å². The first-order valence-corrected chi connectivity index (χ1v) is 7.09. The van der Waals surface area contributed by atoms with Crippen molar-refractivity contribution in [3.8, 4) is 0 Å². The molecule has 0 saturated carbocycles. The molecule has 0 fully saturated rings. The number of carbonyl (C=O) groups excluding carboxylic acids is 1. The minimum absolute atomic E-state index is 0.126. The molecule has 1 aromatic heterocycles. The highest BCUT2D eigenvalue weighted by molar-refractivity contribution is 5.98. The van der Waals surface area contributed by atoms with E-state index in [1.54, 1.807) is 4.68 Å². The lowest BCUT2D eigenvalue weighted by molar-refractivity contribution is 0.0915. The van der Waals surface area contributed by atoms with Crippen LogP contribution in [0.2, 0.25) is 0 Å². The Kier molecular flexibility index (Phi) is 5.39. The van der Waals surface area contributed by atoms with E-state index in [0.717, 1.165) is 12.8 Å². The number of anilines is 1. The Labute approximate surface area is 115 Å². The Hall–Kier alpha value is -1.52. The number of nitrogen functional groups attached to an aromatic ring is 1. The minimum atomic E-state index is -0.126. The summed E-state index contributed by atoms with van der Waals surface area (Å²) in [5, 5.41) is 7.32. The lowest BCUT2D eigenvalue weighted by atomic mass is 9.95. The number of aromatic nitrogens is 2. The van der Waals surface area contributed by atoms with Gasteiger partial charge in [-0.3, -0.25) is 9.48 Å². The average molecular weight is 266 g/mol. The van der Waals surface area contributed by atoms with E-state index in [2.05, 4.69) is 24.3 Å². The third-order valence-corrected chi connectivity index (χ3v) is 3.80. The van der Waals surface area contributed by atoms with Crippen molar-refractivity contribution in [3.05, 3.63) is 11.4 Å². The van der Waals surface area contributed by atoms with E-state index in [1.165, 1.54) is 0 Å². The Morgan fingerprint density at radius 2 is 1.95 bits per heavy atom. The molecule has 1 atom stereocenters. The first kappa shape index (κ1) is 15.5. The van der Waals surface area contributed by atoms with Crippen LogP contribution in [0, 0.1) is 12.8 Å². The molecule has 0 aliphatic rings. The SMILES string of the molecule is CCC(CC)C(C)NC(=O)c1c(N)c(C)nn1CC. The van der Waals surface area contributed by atoms with Gasteiger partial charge in [0.2, 0.25) is 0 Å². The molecular formula is C14H26N4O. The predicted molar refractivity (Wildman–Crippen MR) is 78.1 cm³/mol. The van der Waals surface area contributed by atoms with Crippen molar-refractivity contribution >= 4 is 11.6 Å². The van der Waals surface area contributed by atoms with Crippen LogP contribution in [0.4, 0.5) is 5.69 Å². The molecule has 0 spiro atoms. The first-order chi connectivity index (χ1) is 8.96. The summed E-state index contributed by atoms with van der Waals surface area (Å²) in [5.74, 6) is 0.364. The lowest BCUT2D eigenvalue weighted by Gasteiger charge is -2.22. The molecule has 0 saturated heterocycles. The minimum Gasteiger partial charge on any atom is -0.395 e. The van der Waals surface area contributed by atoms with E-state index in [0.29, 0.717) is 29.5 Å². The van der Waals surface area contributed by atoms with E-state index in [9.17, 15) is 4.79 Å². The summed E-state index contributed by atoms with van der Waals surface area (Å²) in [5.41, 5.74) is 7.63. The van der Waals surface area contributed by atoms with Crippen molar-refractivity contribution in [3.63, 3.8) is 0 Å². The Morgan fingerprint density at radius 1 is 1.37 bits per heavy atom. The maximum atomic E-state index is 12.4. The Bertz CT molecular complexity index is 435. The molecule has 5 heteroatoms. The quantitative estimate of drug-likeness (QED) is 0.830. The van der Waals surface area contributed by atoms with Crippen LogP contribution in [0.3, 0.4) is 0 Å². The molecular weight excluding hydrogens is 240 g/mol. The maximum Gasteiger partial charge on any atom is 0.271 e. The fourth-order valence-electron chi connectivity index (χ4n) is 2.45. The molecule has 1 heterocycles. The molecule has 1 rings (SSSR count). The van der Waals surface area contributed by atoms with Gasteiger partial charge in [-0.2, -0.15) is 5.10 Å². The summed E-state index contributed by atoms with van der Waals surface area (Å²) in [6.45, 7) is 10.7. The zero-order valence-corrected chi connectivity index (χ0v) is 12.7. The summed E-state index contributed by atoms with van der Waals surface area (Å²) >= 11 is 0. The van der Waals surface area contributed by atoms with Crippen LogP contribution >= 0.6 is 0 Å². The summed E-state index contributed by atoms with van der Waals surface area (Å²) < 4.78 is 1.67. The van der Waals surface area contributed by atoms with E-state index >= 15 is 0 Å². The van der Waals surface area contributed by atoms with E-state index in [4.69, 9.17) is 5.73 Å².